The van der Waals surface area contributed by atoms with Crippen LogP contribution in [0.15, 0.2) is 36.4 Å². The van der Waals surface area contributed by atoms with E-state index >= 15 is 0 Å². The third kappa shape index (κ3) is 3.65. The minimum Gasteiger partial charge on any atom is -0.480 e. The van der Waals surface area contributed by atoms with Gasteiger partial charge in [0.1, 0.15) is 6.04 Å². The van der Waals surface area contributed by atoms with Gasteiger partial charge in [0.2, 0.25) is 5.91 Å². The van der Waals surface area contributed by atoms with E-state index in [0.29, 0.717) is 25.3 Å². The Bertz CT molecular complexity index is 725. The number of aliphatic carboxylic acids is 1. The lowest BCUT2D eigenvalue weighted by atomic mass is 10.1. The predicted molar refractivity (Wildman–Crippen MR) is 83.9 cm³/mol. The first kappa shape index (κ1) is 15.4. The molecule has 1 fully saturated rings. The molecule has 6 heteroatoms. The lowest BCUT2D eigenvalue weighted by Crippen LogP contribution is -2.45. The summed E-state index contributed by atoms with van der Waals surface area (Å²) in [6, 6.07) is 10.3. The molecule has 6 nitrogen and oxygen atoms in total. The van der Waals surface area contributed by atoms with Crippen LogP contribution in [0.4, 0.5) is 0 Å². The molecule has 1 aromatic heterocycles. The lowest BCUT2D eigenvalue weighted by Gasteiger charge is -2.16. The Balaban J connectivity index is 1.72. The number of carbonyl (C=O) groups is 2. The number of nitrogens with zero attached hydrogens (tertiary/aromatic N) is 1. The number of pyridine rings is 1. The average molecular weight is 314 g/mol. The number of para-hydroxylation sites is 1. The van der Waals surface area contributed by atoms with Crippen molar-refractivity contribution in [3.63, 3.8) is 0 Å². The smallest absolute Gasteiger partial charge is 0.326 e. The minimum absolute atomic E-state index is 0.152. The summed E-state index contributed by atoms with van der Waals surface area (Å²) in [6.45, 7) is 0.897. The van der Waals surface area contributed by atoms with Gasteiger partial charge in [0.05, 0.1) is 18.0 Å². The van der Waals surface area contributed by atoms with Gasteiger partial charge in [-0.15, -0.1) is 0 Å². The maximum absolute atomic E-state index is 12.1. The summed E-state index contributed by atoms with van der Waals surface area (Å²) in [5.74, 6) is -1.59. The fourth-order valence-corrected chi connectivity index (χ4v) is 2.66. The molecule has 1 amide bonds. The highest BCUT2D eigenvalue weighted by atomic mass is 16.5. The summed E-state index contributed by atoms with van der Waals surface area (Å²) in [5.41, 5.74) is 1.45. The lowest BCUT2D eigenvalue weighted by molar-refractivity contribution is -0.142. The standard InChI is InChI=1S/C17H18N2O4/c20-16(12-7-8-23-10-12)19-15(17(21)22)9-13-6-5-11-3-1-2-4-14(11)18-13/h1-6,12,15H,7-10H2,(H,19,20)(H,21,22)/t12-,15+/m1/s1. The quantitative estimate of drug-likeness (QED) is 0.870. The van der Waals surface area contributed by atoms with Gasteiger partial charge in [0.25, 0.3) is 0 Å². The first-order chi connectivity index (χ1) is 11.1. The van der Waals surface area contributed by atoms with E-state index in [-0.39, 0.29) is 18.2 Å². The van der Waals surface area contributed by atoms with Gasteiger partial charge in [-0.2, -0.15) is 0 Å². The second-order valence-corrected chi connectivity index (χ2v) is 5.66. The summed E-state index contributed by atoms with van der Waals surface area (Å²) >= 11 is 0. The molecular formula is C17H18N2O4. The molecule has 120 valence electrons. The zero-order valence-corrected chi connectivity index (χ0v) is 12.6. The largest absolute Gasteiger partial charge is 0.480 e. The minimum atomic E-state index is -1.06. The summed E-state index contributed by atoms with van der Waals surface area (Å²) in [4.78, 5) is 28.0. The van der Waals surface area contributed by atoms with Crippen LogP contribution in [0.5, 0.6) is 0 Å². The van der Waals surface area contributed by atoms with Crippen molar-refractivity contribution in [1.29, 1.82) is 0 Å². The van der Waals surface area contributed by atoms with Crippen molar-refractivity contribution in [2.75, 3.05) is 13.2 Å². The molecule has 2 aromatic rings. The summed E-state index contributed by atoms with van der Waals surface area (Å²) < 4.78 is 5.17. The van der Waals surface area contributed by atoms with E-state index in [9.17, 15) is 14.7 Å². The molecule has 0 spiro atoms. The number of aromatic nitrogens is 1. The van der Waals surface area contributed by atoms with Crippen LogP contribution in [-0.4, -0.2) is 41.2 Å². The number of hydrogen-bond donors (Lipinski definition) is 2. The number of carbonyl (C=O) groups excluding carboxylic acids is 1. The molecule has 0 bridgehead atoms. The van der Waals surface area contributed by atoms with Crippen molar-refractivity contribution in [2.24, 2.45) is 5.92 Å². The van der Waals surface area contributed by atoms with Crippen molar-refractivity contribution in [3.8, 4) is 0 Å². The number of amides is 1. The summed E-state index contributed by atoms with van der Waals surface area (Å²) in [7, 11) is 0. The van der Waals surface area contributed by atoms with E-state index in [1.807, 2.05) is 30.3 Å². The Hall–Kier alpha value is -2.47. The van der Waals surface area contributed by atoms with Crippen LogP contribution >= 0.6 is 0 Å². The molecule has 1 aromatic carbocycles. The highest BCUT2D eigenvalue weighted by Gasteiger charge is 2.28. The summed E-state index contributed by atoms with van der Waals surface area (Å²) in [5, 5.41) is 13.0. The first-order valence-electron chi connectivity index (χ1n) is 7.59. The van der Waals surface area contributed by atoms with Gasteiger partial charge >= 0.3 is 5.97 Å². The molecule has 0 radical (unpaired) electrons. The normalized spacial score (nSPS) is 18.7. The van der Waals surface area contributed by atoms with Crippen LogP contribution in [0.3, 0.4) is 0 Å². The fraction of sp³-hybridized carbons (Fsp3) is 0.353. The second kappa shape index (κ2) is 6.75. The molecule has 1 saturated heterocycles. The Morgan fingerprint density at radius 1 is 1.30 bits per heavy atom. The summed E-state index contributed by atoms with van der Waals surface area (Å²) in [6.07, 6.45) is 0.784. The van der Waals surface area contributed by atoms with E-state index in [1.54, 1.807) is 6.07 Å². The topological polar surface area (TPSA) is 88.5 Å². The average Bonchev–Trinajstić information content (AvgIpc) is 3.08. The molecule has 2 heterocycles. The zero-order chi connectivity index (χ0) is 16.2. The van der Waals surface area contributed by atoms with Crippen molar-refractivity contribution in [1.82, 2.24) is 10.3 Å². The Morgan fingerprint density at radius 2 is 2.13 bits per heavy atom. The molecule has 0 saturated carbocycles. The SMILES string of the molecule is O=C(N[C@@H](Cc1ccc2ccccc2n1)C(=O)O)[C@@H]1CCOC1. The van der Waals surface area contributed by atoms with E-state index < -0.39 is 12.0 Å². The number of rotatable bonds is 5. The maximum Gasteiger partial charge on any atom is 0.326 e. The molecule has 1 aliphatic rings. The maximum atomic E-state index is 12.1. The number of hydrogen-bond acceptors (Lipinski definition) is 4. The third-order valence-corrected chi connectivity index (χ3v) is 3.98. The molecule has 0 unspecified atom stereocenters. The number of nitrogens with one attached hydrogen (secondary N) is 1. The first-order valence-corrected chi connectivity index (χ1v) is 7.59. The van der Waals surface area contributed by atoms with Crippen molar-refractivity contribution in [2.45, 2.75) is 18.9 Å². The third-order valence-electron chi connectivity index (χ3n) is 3.98. The van der Waals surface area contributed by atoms with Crippen LogP contribution in [0.1, 0.15) is 12.1 Å². The van der Waals surface area contributed by atoms with Gasteiger partial charge in [0.15, 0.2) is 0 Å². The van der Waals surface area contributed by atoms with Crippen LogP contribution < -0.4 is 5.32 Å². The van der Waals surface area contributed by atoms with Gasteiger partial charge in [-0.25, -0.2) is 4.79 Å². The monoisotopic (exact) mass is 314 g/mol. The van der Waals surface area contributed by atoms with Crippen molar-refractivity contribution >= 4 is 22.8 Å². The van der Waals surface area contributed by atoms with Crippen LogP contribution in [0, 0.1) is 5.92 Å². The van der Waals surface area contributed by atoms with Gasteiger partial charge in [-0.3, -0.25) is 9.78 Å². The molecule has 0 aliphatic carbocycles. The highest BCUT2D eigenvalue weighted by Crippen LogP contribution is 2.15. The number of fused-ring (bicyclic) bond motifs is 1. The van der Waals surface area contributed by atoms with Crippen LogP contribution in [0.2, 0.25) is 0 Å². The predicted octanol–water partition coefficient (Wildman–Crippen LogP) is 1.38. The highest BCUT2D eigenvalue weighted by molar-refractivity contribution is 5.85. The molecule has 23 heavy (non-hydrogen) atoms. The second-order valence-electron chi connectivity index (χ2n) is 5.66. The fourth-order valence-electron chi connectivity index (χ4n) is 2.66. The molecule has 2 N–H and O–H groups in total. The Labute approximate surface area is 133 Å². The van der Waals surface area contributed by atoms with Gasteiger partial charge in [-0.05, 0) is 18.6 Å². The van der Waals surface area contributed by atoms with Gasteiger partial charge in [0, 0.05) is 24.1 Å². The van der Waals surface area contributed by atoms with Crippen molar-refractivity contribution < 1.29 is 19.4 Å². The molecular weight excluding hydrogens is 296 g/mol. The number of ether oxygens (including phenoxy) is 1. The number of carboxylic acids is 1. The Kier molecular flexibility index (Phi) is 4.52. The van der Waals surface area contributed by atoms with E-state index in [0.717, 1.165) is 10.9 Å². The Morgan fingerprint density at radius 3 is 2.87 bits per heavy atom. The van der Waals surface area contributed by atoms with Gasteiger partial charge < -0.3 is 15.2 Å². The van der Waals surface area contributed by atoms with E-state index in [2.05, 4.69) is 10.3 Å². The van der Waals surface area contributed by atoms with Crippen molar-refractivity contribution in [3.05, 3.63) is 42.1 Å². The number of benzene rings is 1. The van der Waals surface area contributed by atoms with Crippen LogP contribution in [-0.2, 0) is 20.7 Å². The van der Waals surface area contributed by atoms with E-state index in [4.69, 9.17) is 4.74 Å². The van der Waals surface area contributed by atoms with Gasteiger partial charge in [-0.1, -0.05) is 24.3 Å². The zero-order valence-electron chi connectivity index (χ0n) is 12.6. The molecule has 1 aliphatic heterocycles. The molecule has 3 rings (SSSR count). The van der Waals surface area contributed by atoms with E-state index in [1.165, 1.54) is 0 Å². The molecule has 2 atom stereocenters. The number of carboxylic acid groups (broad SMARTS) is 1. The van der Waals surface area contributed by atoms with Crippen LogP contribution in [0.25, 0.3) is 10.9 Å².